The van der Waals surface area contributed by atoms with Crippen molar-refractivity contribution in [1.29, 1.82) is 0 Å². The molecule has 5 heteroatoms. The number of carbonyl (C=O) groups is 1. The molecule has 0 saturated heterocycles. The number of hydrogen-bond donors (Lipinski definition) is 2. The largest absolute Gasteiger partial charge is 0.321 e. The fourth-order valence-corrected chi connectivity index (χ4v) is 2.17. The van der Waals surface area contributed by atoms with Crippen LogP contribution in [0.25, 0.3) is 11.3 Å². The van der Waals surface area contributed by atoms with Gasteiger partial charge in [-0.1, -0.05) is 41.4 Å². The van der Waals surface area contributed by atoms with Gasteiger partial charge in [0.1, 0.15) is 5.69 Å². The Morgan fingerprint density at radius 2 is 1.77 bits per heavy atom. The topological polar surface area (TPSA) is 57.8 Å². The van der Waals surface area contributed by atoms with Crippen molar-refractivity contribution in [1.82, 2.24) is 10.2 Å². The Balaban J connectivity index is 1.76. The van der Waals surface area contributed by atoms with Gasteiger partial charge in [0.2, 0.25) is 0 Å². The zero-order valence-electron chi connectivity index (χ0n) is 11.9. The smallest absolute Gasteiger partial charge is 0.273 e. The van der Waals surface area contributed by atoms with Crippen molar-refractivity contribution < 1.29 is 4.79 Å². The molecule has 0 spiro atoms. The van der Waals surface area contributed by atoms with Gasteiger partial charge in [0.15, 0.2) is 0 Å². The molecule has 0 aliphatic rings. The predicted molar refractivity (Wildman–Crippen MR) is 88.2 cm³/mol. The van der Waals surface area contributed by atoms with Crippen LogP contribution < -0.4 is 5.32 Å². The summed E-state index contributed by atoms with van der Waals surface area (Å²) in [6, 6.07) is 16.7. The third kappa shape index (κ3) is 3.18. The van der Waals surface area contributed by atoms with Crippen molar-refractivity contribution in [3.05, 3.63) is 70.9 Å². The van der Waals surface area contributed by atoms with Gasteiger partial charge in [-0.25, -0.2) is 0 Å². The van der Waals surface area contributed by atoms with E-state index in [9.17, 15) is 4.79 Å². The monoisotopic (exact) mass is 311 g/mol. The van der Waals surface area contributed by atoms with Crippen LogP contribution in [0.5, 0.6) is 0 Å². The van der Waals surface area contributed by atoms with Crippen LogP contribution in [-0.4, -0.2) is 16.1 Å². The molecule has 1 amide bonds. The molecule has 4 nitrogen and oxygen atoms in total. The van der Waals surface area contributed by atoms with Gasteiger partial charge in [-0.15, -0.1) is 0 Å². The number of hydrogen-bond acceptors (Lipinski definition) is 2. The second-order valence-corrected chi connectivity index (χ2v) is 5.43. The molecular formula is C17H14ClN3O. The lowest BCUT2D eigenvalue weighted by atomic mass is 10.1. The molecule has 110 valence electrons. The summed E-state index contributed by atoms with van der Waals surface area (Å²) in [6.07, 6.45) is 0. The van der Waals surface area contributed by atoms with E-state index in [1.807, 2.05) is 31.2 Å². The van der Waals surface area contributed by atoms with Gasteiger partial charge < -0.3 is 5.32 Å². The quantitative estimate of drug-likeness (QED) is 0.758. The number of nitrogens with one attached hydrogen (secondary N) is 2. The SMILES string of the molecule is Cc1ccc(-c2cc(C(=O)Nc3ccc(Cl)cc3)[nH]n2)cc1. The molecule has 0 bridgehead atoms. The Kier molecular flexibility index (Phi) is 3.94. The Hall–Kier alpha value is -2.59. The first-order valence-electron chi connectivity index (χ1n) is 6.81. The number of aromatic amines is 1. The lowest BCUT2D eigenvalue weighted by Crippen LogP contribution is -2.12. The van der Waals surface area contributed by atoms with Crippen molar-refractivity contribution in [2.75, 3.05) is 5.32 Å². The highest BCUT2D eigenvalue weighted by Gasteiger charge is 2.11. The number of carbonyl (C=O) groups excluding carboxylic acids is 1. The summed E-state index contributed by atoms with van der Waals surface area (Å²) in [6.45, 7) is 2.03. The number of benzene rings is 2. The van der Waals surface area contributed by atoms with Crippen molar-refractivity contribution in [2.24, 2.45) is 0 Å². The molecule has 0 aliphatic carbocycles. The van der Waals surface area contributed by atoms with Gasteiger partial charge in [0.25, 0.3) is 5.91 Å². The average Bonchev–Trinajstić information content (AvgIpc) is 3.00. The van der Waals surface area contributed by atoms with Crippen LogP contribution in [0, 0.1) is 6.92 Å². The zero-order valence-corrected chi connectivity index (χ0v) is 12.7. The molecule has 2 aromatic carbocycles. The molecule has 0 aliphatic heterocycles. The molecule has 3 rings (SSSR count). The first-order chi connectivity index (χ1) is 10.6. The summed E-state index contributed by atoms with van der Waals surface area (Å²) in [5.41, 5.74) is 3.97. The number of nitrogens with zero attached hydrogens (tertiary/aromatic N) is 1. The number of anilines is 1. The van der Waals surface area contributed by atoms with E-state index in [-0.39, 0.29) is 5.91 Å². The summed E-state index contributed by atoms with van der Waals surface area (Å²) in [5, 5.41) is 10.4. The Morgan fingerprint density at radius 3 is 2.45 bits per heavy atom. The van der Waals surface area contributed by atoms with Gasteiger partial charge in [0.05, 0.1) is 5.69 Å². The van der Waals surface area contributed by atoms with E-state index in [0.29, 0.717) is 16.4 Å². The molecule has 0 fully saturated rings. The van der Waals surface area contributed by atoms with Gasteiger partial charge in [-0.2, -0.15) is 5.10 Å². The fraction of sp³-hybridized carbons (Fsp3) is 0.0588. The molecule has 0 atom stereocenters. The van der Waals surface area contributed by atoms with E-state index in [1.165, 1.54) is 5.56 Å². The van der Waals surface area contributed by atoms with Crippen molar-refractivity contribution in [3.8, 4) is 11.3 Å². The zero-order chi connectivity index (χ0) is 15.5. The predicted octanol–water partition coefficient (Wildman–Crippen LogP) is 4.29. The summed E-state index contributed by atoms with van der Waals surface area (Å²) < 4.78 is 0. The molecule has 0 unspecified atom stereocenters. The van der Waals surface area contributed by atoms with Crippen LogP contribution >= 0.6 is 11.6 Å². The van der Waals surface area contributed by atoms with Crippen LogP contribution in [-0.2, 0) is 0 Å². The highest BCUT2D eigenvalue weighted by atomic mass is 35.5. The maximum absolute atomic E-state index is 12.2. The van der Waals surface area contributed by atoms with Gasteiger partial charge in [-0.05, 0) is 37.3 Å². The second-order valence-electron chi connectivity index (χ2n) is 4.99. The summed E-state index contributed by atoms with van der Waals surface area (Å²) in [4.78, 5) is 12.2. The molecule has 3 aromatic rings. The fourth-order valence-electron chi connectivity index (χ4n) is 2.04. The maximum Gasteiger partial charge on any atom is 0.273 e. The van der Waals surface area contributed by atoms with Crippen molar-refractivity contribution in [3.63, 3.8) is 0 Å². The normalized spacial score (nSPS) is 10.5. The molecule has 1 aromatic heterocycles. The number of aromatic nitrogens is 2. The first-order valence-corrected chi connectivity index (χ1v) is 7.19. The van der Waals surface area contributed by atoms with E-state index in [2.05, 4.69) is 15.5 Å². The van der Waals surface area contributed by atoms with E-state index < -0.39 is 0 Å². The standard InChI is InChI=1S/C17H14ClN3O/c1-11-2-4-12(5-3-11)15-10-16(21-20-15)17(22)19-14-8-6-13(18)7-9-14/h2-10H,1H3,(H,19,22)(H,20,21). The van der Waals surface area contributed by atoms with E-state index in [0.717, 1.165) is 11.3 Å². The Labute approximate surface area is 133 Å². The van der Waals surface area contributed by atoms with E-state index in [1.54, 1.807) is 30.3 Å². The molecule has 2 N–H and O–H groups in total. The highest BCUT2D eigenvalue weighted by Crippen LogP contribution is 2.19. The summed E-state index contributed by atoms with van der Waals surface area (Å²) in [7, 11) is 0. The number of rotatable bonds is 3. The summed E-state index contributed by atoms with van der Waals surface area (Å²) in [5.74, 6) is -0.242. The minimum atomic E-state index is -0.242. The van der Waals surface area contributed by atoms with Crippen molar-refractivity contribution >= 4 is 23.2 Å². The number of aryl methyl sites for hydroxylation is 1. The minimum Gasteiger partial charge on any atom is -0.321 e. The van der Waals surface area contributed by atoms with Gasteiger partial charge >= 0.3 is 0 Å². The lowest BCUT2D eigenvalue weighted by molar-refractivity contribution is 0.102. The molecule has 0 saturated carbocycles. The Bertz CT molecular complexity index is 792. The first kappa shape index (κ1) is 14.4. The van der Waals surface area contributed by atoms with Gasteiger partial charge in [0, 0.05) is 16.3 Å². The lowest BCUT2D eigenvalue weighted by Gasteiger charge is -2.02. The minimum absolute atomic E-state index is 0.242. The molecule has 0 radical (unpaired) electrons. The van der Waals surface area contributed by atoms with Crippen LogP contribution in [0.4, 0.5) is 5.69 Å². The van der Waals surface area contributed by atoms with E-state index >= 15 is 0 Å². The van der Waals surface area contributed by atoms with Crippen molar-refractivity contribution in [2.45, 2.75) is 6.92 Å². The van der Waals surface area contributed by atoms with Crippen LogP contribution in [0.1, 0.15) is 16.1 Å². The third-order valence-electron chi connectivity index (χ3n) is 3.27. The summed E-state index contributed by atoms with van der Waals surface area (Å²) >= 11 is 5.82. The molecular weight excluding hydrogens is 298 g/mol. The Morgan fingerprint density at radius 1 is 1.09 bits per heavy atom. The van der Waals surface area contributed by atoms with Crippen LogP contribution in [0.3, 0.4) is 0 Å². The molecule has 1 heterocycles. The van der Waals surface area contributed by atoms with Gasteiger partial charge in [-0.3, -0.25) is 9.89 Å². The van der Waals surface area contributed by atoms with E-state index in [4.69, 9.17) is 11.6 Å². The number of H-pyrrole nitrogens is 1. The van der Waals surface area contributed by atoms with Crippen LogP contribution in [0.15, 0.2) is 54.6 Å². The maximum atomic E-state index is 12.2. The number of halogens is 1. The molecule has 22 heavy (non-hydrogen) atoms. The third-order valence-corrected chi connectivity index (χ3v) is 3.52. The second kappa shape index (κ2) is 6.03. The number of amides is 1. The average molecular weight is 312 g/mol. The highest BCUT2D eigenvalue weighted by molar-refractivity contribution is 6.30. The van der Waals surface area contributed by atoms with Crippen LogP contribution in [0.2, 0.25) is 5.02 Å².